The van der Waals surface area contributed by atoms with Gasteiger partial charge < -0.3 is 10.5 Å². The summed E-state index contributed by atoms with van der Waals surface area (Å²) >= 11 is 3.49. The van der Waals surface area contributed by atoms with Crippen LogP contribution in [-0.2, 0) is 6.42 Å². The van der Waals surface area contributed by atoms with Crippen LogP contribution in [0.1, 0.15) is 18.4 Å². The van der Waals surface area contributed by atoms with Gasteiger partial charge in [-0.15, -0.1) is 12.3 Å². The van der Waals surface area contributed by atoms with E-state index in [4.69, 9.17) is 16.9 Å². The molecule has 0 heterocycles. The normalized spacial score (nSPS) is 9.81. The lowest BCUT2D eigenvalue weighted by Crippen LogP contribution is -2.04. The summed E-state index contributed by atoms with van der Waals surface area (Å²) in [5, 5.41) is 0. The number of unbranched alkanes of at least 4 members (excludes halogenated alkanes) is 1. The standard InChI is InChI=1S/C13H16BrNO/c1-2-3-4-9-16-12-5-6-13(14)11(10-12)7-8-15/h1,5-6,10H,3-4,7-9,15H2. The topological polar surface area (TPSA) is 35.2 Å². The molecule has 0 radical (unpaired) electrons. The van der Waals surface area contributed by atoms with E-state index in [2.05, 4.69) is 21.9 Å². The molecule has 0 unspecified atom stereocenters. The number of nitrogens with two attached hydrogens (primary N) is 1. The number of halogens is 1. The van der Waals surface area contributed by atoms with Crippen molar-refractivity contribution in [3.8, 4) is 18.1 Å². The van der Waals surface area contributed by atoms with Gasteiger partial charge in [0.2, 0.25) is 0 Å². The number of hydrogen-bond donors (Lipinski definition) is 1. The van der Waals surface area contributed by atoms with Gasteiger partial charge in [-0.3, -0.25) is 0 Å². The number of hydrogen-bond acceptors (Lipinski definition) is 2. The predicted molar refractivity (Wildman–Crippen MR) is 70.5 cm³/mol. The molecule has 1 rings (SSSR count). The summed E-state index contributed by atoms with van der Waals surface area (Å²) in [5.74, 6) is 3.47. The second-order valence-electron chi connectivity index (χ2n) is 3.45. The molecule has 0 bridgehead atoms. The minimum atomic E-state index is 0.638. The fourth-order valence-electron chi connectivity index (χ4n) is 1.35. The highest BCUT2D eigenvalue weighted by Gasteiger charge is 2.01. The van der Waals surface area contributed by atoms with E-state index in [1.165, 1.54) is 5.56 Å². The van der Waals surface area contributed by atoms with Gasteiger partial charge in [0, 0.05) is 10.9 Å². The molecule has 0 saturated heterocycles. The van der Waals surface area contributed by atoms with E-state index >= 15 is 0 Å². The van der Waals surface area contributed by atoms with E-state index in [1.807, 2.05) is 18.2 Å². The maximum absolute atomic E-state index is 5.59. The van der Waals surface area contributed by atoms with Crippen molar-refractivity contribution in [3.05, 3.63) is 28.2 Å². The first-order chi connectivity index (χ1) is 7.77. The Bertz CT molecular complexity index is 371. The third-order valence-electron chi connectivity index (χ3n) is 2.17. The second-order valence-corrected chi connectivity index (χ2v) is 4.30. The van der Waals surface area contributed by atoms with E-state index in [9.17, 15) is 0 Å². The summed E-state index contributed by atoms with van der Waals surface area (Å²) in [6.45, 7) is 1.30. The highest BCUT2D eigenvalue weighted by atomic mass is 79.9. The van der Waals surface area contributed by atoms with Gasteiger partial charge in [-0.2, -0.15) is 0 Å². The first-order valence-electron chi connectivity index (χ1n) is 5.32. The molecule has 0 amide bonds. The van der Waals surface area contributed by atoms with Gasteiger partial charge in [-0.1, -0.05) is 15.9 Å². The number of terminal acetylenes is 1. The molecule has 1 aromatic carbocycles. The lowest BCUT2D eigenvalue weighted by atomic mass is 10.1. The summed E-state index contributed by atoms with van der Waals surface area (Å²) in [7, 11) is 0. The van der Waals surface area contributed by atoms with E-state index < -0.39 is 0 Å². The molecule has 2 N–H and O–H groups in total. The molecule has 0 spiro atoms. The molecule has 0 aliphatic carbocycles. The molecular formula is C13H16BrNO. The molecule has 1 aromatic rings. The summed E-state index contributed by atoms with van der Waals surface area (Å²) in [6.07, 6.45) is 7.66. The zero-order valence-corrected chi connectivity index (χ0v) is 10.8. The van der Waals surface area contributed by atoms with Gasteiger partial charge in [0.25, 0.3) is 0 Å². The minimum Gasteiger partial charge on any atom is -0.494 e. The second kappa shape index (κ2) is 7.32. The van der Waals surface area contributed by atoms with Crippen LogP contribution in [-0.4, -0.2) is 13.2 Å². The number of benzene rings is 1. The third kappa shape index (κ3) is 4.26. The molecule has 0 saturated carbocycles. The Morgan fingerprint density at radius 1 is 1.44 bits per heavy atom. The minimum absolute atomic E-state index is 0.638. The summed E-state index contributed by atoms with van der Waals surface area (Å²) < 4.78 is 6.67. The van der Waals surface area contributed by atoms with E-state index in [0.29, 0.717) is 13.2 Å². The number of ether oxygens (including phenoxy) is 1. The first kappa shape index (κ1) is 13.1. The van der Waals surface area contributed by atoms with Crippen LogP contribution < -0.4 is 10.5 Å². The van der Waals surface area contributed by atoms with Crippen molar-refractivity contribution in [3.63, 3.8) is 0 Å². The first-order valence-corrected chi connectivity index (χ1v) is 6.12. The monoisotopic (exact) mass is 281 g/mol. The molecule has 0 aromatic heterocycles. The molecule has 2 nitrogen and oxygen atoms in total. The molecule has 0 aliphatic heterocycles. The highest BCUT2D eigenvalue weighted by molar-refractivity contribution is 9.10. The Balaban J connectivity index is 2.54. The van der Waals surface area contributed by atoms with Crippen molar-refractivity contribution in [1.82, 2.24) is 0 Å². The third-order valence-corrected chi connectivity index (χ3v) is 2.94. The SMILES string of the molecule is C#CCCCOc1ccc(Br)c(CCN)c1. The van der Waals surface area contributed by atoms with Crippen LogP contribution >= 0.6 is 15.9 Å². The summed E-state index contributed by atoms with van der Waals surface area (Å²) in [5.41, 5.74) is 6.71. The van der Waals surface area contributed by atoms with Crippen LogP contribution in [0, 0.1) is 12.3 Å². The van der Waals surface area contributed by atoms with Crippen LogP contribution in [0.3, 0.4) is 0 Å². The van der Waals surface area contributed by atoms with Crippen molar-refractivity contribution in [1.29, 1.82) is 0 Å². The highest BCUT2D eigenvalue weighted by Crippen LogP contribution is 2.23. The zero-order chi connectivity index (χ0) is 11.8. The van der Waals surface area contributed by atoms with Crippen molar-refractivity contribution in [2.75, 3.05) is 13.2 Å². The zero-order valence-electron chi connectivity index (χ0n) is 9.21. The largest absolute Gasteiger partial charge is 0.494 e. The smallest absolute Gasteiger partial charge is 0.119 e. The van der Waals surface area contributed by atoms with Gasteiger partial charge in [-0.25, -0.2) is 0 Å². The van der Waals surface area contributed by atoms with Crippen molar-refractivity contribution in [2.24, 2.45) is 5.73 Å². The molecular weight excluding hydrogens is 266 g/mol. The maximum atomic E-state index is 5.59. The van der Waals surface area contributed by atoms with Gasteiger partial charge in [0.05, 0.1) is 6.61 Å². The summed E-state index contributed by atoms with van der Waals surface area (Å²) in [4.78, 5) is 0. The van der Waals surface area contributed by atoms with Crippen LogP contribution in [0.25, 0.3) is 0 Å². The average molecular weight is 282 g/mol. The van der Waals surface area contributed by atoms with Gasteiger partial charge in [0.15, 0.2) is 0 Å². The lowest BCUT2D eigenvalue weighted by molar-refractivity contribution is 0.312. The Labute approximate surface area is 105 Å². The molecule has 0 fully saturated rings. The van der Waals surface area contributed by atoms with Gasteiger partial charge in [-0.05, 0) is 43.1 Å². The Morgan fingerprint density at radius 3 is 2.94 bits per heavy atom. The number of rotatable bonds is 6. The Kier molecular flexibility index (Phi) is 5.99. The fraction of sp³-hybridized carbons (Fsp3) is 0.385. The molecule has 0 atom stereocenters. The van der Waals surface area contributed by atoms with Crippen LogP contribution in [0.15, 0.2) is 22.7 Å². The van der Waals surface area contributed by atoms with Crippen molar-refractivity contribution < 1.29 is 4.74 Å². The van der Waals surface area contributed by atoms with Crippen molar-refractivity contribution in [2.45, 2.75) is 19.3 Å². The van der Waals surface area contributed by atoms with Crippen LogP contribution in [0.2, 0.25) is 0 Å². The molecule has 3 heteroatoms. The molecule has 0 aliphatic rings. The Morgan fingerprint density at radius 2 is 2.25 bits per heavy atom. The van der Waals surface area contributed by atoms with Gasteiger partial charge in [0.1, 0.15) is 5.75 Å². The Hall–Kier alpha value is -0.980. The fourth-order valence-corrected chi connectivity index (χ4v) is 1.80. The molecule has 86 valence electrons. The maximum Gasteiger partial charge on any atom is 0.119 e. The van der Waals surface area contributed by atoms with Crippen LogP contribution in [0.4, 0.5) is 0 Å². The molecule has 16 heavy (non-hydrogen) atoms. The predicted octanol–water partition coefficient (Wildman–Crippen LogP) is 2.74. The van der Waals surface area contributed by atoms with E-state index in [-0.39, 0.29) is 0 Å². The lowest BCUT2D eigenvalue weighted by Gasteiger charge is -2.08. The van der Waals surface area contributed by atoms with E-state index in [0.717, 1.165) is 29.5 Å². The average Bonchev–Trinajstić information content (AvgIpc) is 2.29. The van der Waals surface area contributed by atoms with Gasteiger partial charge >= 0.3 is 0 Å². The van der Waals surface area contributed by atoms with Crippen molar-refractivity contribution >= 4 is 15.9 Å². The van der Waals surface area contributed by atoms with E-state index in [1.54, 1.807) is 0 Å². The quantitative estimate of drug-likeness (QED) is 0.643. The summed E-state index contributed by atoms with van der Waals surface area (Å²) in [6, 6.07) is 5.95. The van der Waals surface area contributed by atoms with Crippen LogP contribution in [0.5, 0.6) is 5.75 Å².